The maximum atomic E-state index is 13.6. The minimum Gasteiger partial charge on any atom is -0.383 e. The Morgan fingerprint density at radius 1 is 1.40 bits per heavy atom. The van der Waals surface area contributed by atoms with Crippen LogP contribution in [0, 0.1) is 5.82 Å². The highest BCUT2D eigenvalue weighted by Crippen LogP contribution is 2.15. The van der Waals surface area contributed by atoms with E-state index < -0.39 is 15.8 Å². The summed E-state index contributed by atoms with van der Waals surface area (Å²) in [6, 6.07) is 3.42. The van der Waals surface area contributed by atoms with E-state index >= 15 is 0 Å². The van der Waals surface area contributed by atoms with Crippen molar-refractivity contribution in [3.05, 3.63) is 29.6 Å². The van der Waals surface area contributed by atoms with Crippen LogP contribution < -0.4 is 10.0 Å². The summed E-state index contributed by atoms with van der Waals surface area (Å²) >= 11 is 0. The SMILES string of the molecule is CCNCc1cc(S(=O)(=O)NC(C)COC)ccc1F. The van der Waals surface area contributed by atoms with Crippen LogP contribution >= 0.6 is 0 Å². The minimum absolute atomic E-state index is 0.0507. The number of halogens is 1. The standard InChI is InChI=1S/C13H21FN2O3S/c1-4-15-8-11-7-12(5-6-13(11)14)20(17,18)16-10(2)9-19-3/h5-7,10,15-16H,4,8-9H2,1-3H3. The fourth-order valence-corrected chi connectivity index (χ4v) is 3.01. The first-order chi connectivity index (χ1) is 9.40. The molecule has 1 rings (SSSR count). The molecule has 0 amide bonds. The number of benzene rings is 1. The van der Waals surface area contributed by atoms with Crippen molar-refractivity contribution in [3.8, 4) is 0 Å². The number of rotatable bonds is 8. The summed E-state index contributed by atoms with van der Waals surface area (Å²) < 4.78 is 45.2. The molecule has 1 aromatic carbocycles. The van der Waals surface area contributed by atoms with Gasteiger partial charge in [0.15, 0.2) is 0 Å². The molecule has 0 aliphatic heterocycles. The Labute approximate surface area is 119 Å². The van der Waals surface area contributed by atoms with Gasteiger partial charge in [-0.1, -0.05) is 6.92 Å². The van der Waals surface area contributed by atoms with Gasteiger partial charge in [-0.05, 0) is 31.7 Å². The fraction of sp³-hybridized carbons (Fsp3) is 0.538. The van der Waals surface area contributed by atoms with E-state index in [2.05, 4.69) is 10.0 Å². The van der Waals surface area contributed by atoms with Gasteiger partial charge in [-0.3, -0.25) is 0 Å². The maximum absolute atomic E-state index is 13.6. The zero-order valence-corrected chi connectivity index (χ0v) is 12.8. The van der Waals surface area contributed by atoms with Gasteiger partial charge in [0, 0.05) is 25.3 Å². The molecular weight excluding hydrogens is 283 g/mol. The van der Waals surface area contributed by atoms with E-state index in [-0.39, 0.29) is 17.5 Å². The van der Waals surface area contributed by atoms with E-state index in [4.69, 9.17) is 4.74 Å². The van der Waals surface area contributed by atoms with Crippen molar-refractivity contribution in [1.82, 2.24) is 10.0 Å². The highest BCUT2D eigenvalue weighted by Gasteiger charge is 2.18. The normalized spacial score (nSPS) is 13.4. The number of hydrogen-bond acceptors (Lipinski definition) is 4. The lowest BCUT2D eigenvalue weighted by atomic mass is 10.2. The smallest absolute Gasteiger partial charge is 0.240 e. The van der Waals surface area contributed by atoms with Crippen LogP contribution in [0.15, 0.2) is 23.1 Å². The molecule has 0 spiro atoms. The number of sulfonamides is 1. The Balaban J connectivity index is 2.94. The monoisotopic (exact) mass is 304 g/mol. The summed E-state index contributed by atoms with van der Waals surface area (Å²) in [5.74, 6) is -0.421. The molecule has 0 radical (unpaired) electrons. The van der Waals surface area contributed by atoms with Crippen molar-refractivity contribution < 1.29 is 17.5 Å². The van der Waals surface area contributed by atoms with Gasteiger partial charge in [0.1, 0.15) is 5.82 Å². The molecule has 5 nitrogen and oxygen atoms in total. The number of ether oxygens (including phenoxy) is 1. The third-order valence-corrected chi connectivity index (χ3v) is 4.25. The van der Waals surface area contributed by atoms with Crippen molar-refractivity contribution in [2.75, 3.05) is 20.3 Å². The lowest BCUT2D eigenvalue weighted by molar-refractivity contribution is 0.180. The van der Waals surface area contributed by atoms with E-state index in [9.17, 15) is 12.8 Å². The average molecular weight is 304 g/mol. The van der Waals surface area contributed by atoms with Crippen LogP contribution in [0.5, 0.6) is 0 Å². The molecular formula is C13H21FN2O3S. The summed E-state index contributed by atoms with van der Waals surface area (Å²) in [6.07, 6.45) is 0. The number of hydrogen-bond donors (Lipinski definition) is 2. The molecule has 1 aromatic rings. The molecule has 7 heteroatoms. The molecule has 0 heterocycles. The Morgan fingerprint density at radius 2 is 2.10 bits per heavy atom. The molecule has 1 atom stereocenters. The van der Waals surface area contributed by atoms with Gasteiger partial charge >= 0.3 is 0 Å². The second-order valence-electron chi connectivity index (χ2n) is 4.51. The first-order valence-corrected chi connectivity index (χ1v) is 7.89. The second-order valence-corrected chi connectivity index (χ2v) is 6.23. The van der Waals surface area contributed by atoms with Crippen LogP contribution in [0.2, 0.25) is 0 Å². The van der Waals surface area contributed by atoms with Gasteiger partial charge < -0.3 is 10.1 Å². The summed E-state index contributed by atoms with van der Waals surface area (Å²) in [5.41, 5.74) is 0.328. The Hall–Kier alpha value is -1.02. The predicted molar refractivity (Wildman–Crippen MR) is 75.4 cm³/mol. The van der Waals surface area contributed by atoms with Crippen molar-refractivity contribution in [1.29, 1.82) is 0 Å². The van der Waals surface area contributed by atoms with Crippen LogP contribution in [0.3, 0.4) is 0 Å². The quantitative estimate of drug-likeness (QED) is 0.758. The van der Waals surface area contributed by atoms with Gasteiger partial charge in [0.25, 0.3) is 0 Å². The molecule has 0 bridgehead atoms. The Bertz CT molecular complexity index is 534. The zero-order chi connectivity index (χ0) is 15.2. The average Bonchev–Trinajstić information content (AvgIpc) is 2.37. The molecule has 1 unspecified atom stereocenters. The molecule has 20 heavy (non-hydrogen) atoms. The van der Waals surface area contributed by atoms with Gasteiger partial charge in [-0.15, -0.1) is 0 Å². The van der Waals surface area contributed by atoms with Gasteiger partial charge in [0.2, 0.25) is 10.0 Å². The van der Waals surface area contributed by atoms with Crippen molar-refractivity contribution >= 4 is 10.0 Å². The molecule has 0 saturated heterocycles. The van der Waals surface area contributed by atoms with Crippen LogP contribution in [0.25, 0.3) is 0 Å². The number of nitrogens with one attached hydrogen (secondary N) is 2. The van der Waals surface area contributed by atoms with Crippen LogP contribution in [0.4, 0.5) is 4.39 Å². The van der Waals surface area contributed by atoms with Crippen molar-refractivity contribution in [2.24, 2.45) is 0 Å². The lowest BCUT2D eigenvalue weighted by Gasteiger charge is -2.14. The van der Waals surface area contributed by atoms with E-state index in [1.165, 1.54) is 25.3 Å². The highest BCUT2D eigenvalue weighted by molar-refractivity contribution is 7.89. The first kappa shape index (κ1) is 17.0. The van der Waals surface area contributed by atoms with Gasteiger partial charge in [-0.2, -0.15) is 0 Å². The molecule has 0 aliphatic carbocycles. The lowest BCUT2D eigenvalue weighted by Crippen LogP contribution is -2.35. The van der Waals surface area contributed by atoms with Crippen molar-refractivity contribution in [2.45, 2.75) is 31.3 Å². The summed E-state index contributed by atoms with van der Waals surface area (Å²) in [7, 11) is -2.17. The molecule has 114 valence electrons. The zero-order valence-electron chi connectivity index (χ0n) is 11.9. The van der Waals surface area contributed by atoms with Crippen molar-refractivity contribution in [3.63, 3.8) is 0 Å². The Kier molecular flexibility index (Phi) is 6.54. The summed E-state index contributed by atoms with van der Waals surface area (Å²) in [5, 5.41) is 2.97. The van der Waals surface area contributed by atoms with E-state index in [0.717, 1.165) is 0 Å². The highest BCUT2D eigenvalue weighted by atomic mass is 32.2. The number of methoxy groups -OCH3 is 1. The largest absolute Gasteiger partial charge is 0.383 e. The van der Waals surface area contributed by atoms with E-state index in [0.29, 0.717) is 18.7 Å². The summed E-state index contributed by atoms with van der Waals surface area (Å²) in [6.45, 7) is 4.83. The molecule has 0 aromatic heterocycles. The van der Waals surface area contributed by atoms with Gasteiger partial charge in [0.05, 0.1) is 11.5 Å². The third-order valence-electron chi connectivity index (χ3n) is 2.67. The maximum Gasteiger partial charge on any atom is 0.240 e. The second kappa shape index (κ2) is 7.68. The fourth-order valence-electron chi connectivity index (χ4n) is 1.73. The van der Waals surface area contributed by atoms with Crippen LogP contribution in [-0.4, -0.2) is 34.7 Å². The molecule has 0 fully saturated rings. The summed E-state index contributed by atoms with van der Waals surface area (Å²) in [4.78, 5) is 0.0507. The minimum atomic E-state index is -3.67. The molecule has 2 N–H and O–H groups in total. The topological polar surface area (TPSA) is 67.4 Å². The van der Waals surface area contributed by atoms with Crippen LogP contribution in [-0.2, 0) is 21.3 Å². The van der Waals surface area contributed by atoms with E-state index in [1.807, 2.05) is 6.92 Å². The van der Waals surface area contributed by atoms with Crippen LogP contribution in [0.1, 0.15) is 19.4 Å². The Morgan fingerprint density at radius 3 is 2.70 bits per heavy atom. The molecule has 0 saturated carbocycles. The first-order valence-electron chi connectivity index (χ1n) is 6.41. The van der Waals surface area contributed by atoms with E-state index in [1.54, 1.807) is 6.92 Å². The predicted octanol–water partition coefficient (Wildman–Crippen LogP) is 1.25. The third kappa shape index (κ3) is 4.82. The van der Waals surface area contributed by atoms with Gasteiger partial charge in [-0.25, -0.2) is 17.5 Å². The molecule has 0 aliphatic rings.